The van der Waals surface area contributed by atoms with Gasteiger partial charge in [-0.15, -0.1) is 4.91 Å². The molecule has 4 aliphatic rings. The Hall–Kier alpha value is -5.13. The zero-order valence-electron chi connectivity index (χ0n) is 37.1. The lowest BCUT2D eigenvalue weighted by Crippen LogP contribution is -2.58. The lowest BCUT2D eigenvalue weighted by molar-refractivity contribution is -0.0912. The fourth-order valence-corrected chi connectivity index (χ4v) is 11.5. The van der Waals surface area contributed by atoms with Gasteiger partial charge in [0.2, 0.25) is 0 Å². The third-order valence-electron chi connectivity index (χ3n) is 14.3. The number of hydrogen-bond acceptors (Lipinski definition) is 13. The summed E-state index contributed by atoms with van der Waals surface area (Å²) in [7, 11) is -4.53. The van der Waals surface area contributed by atoms with Crippen LogP contribution < -0.4 is 19.7 Å². The van der Waals surface area contributed by atoms with Gasteiger partial charge in [-0.25, -0.2) is 23.1 Å². The first-order chi connectivity index (χ1) is 31.2. The van der Waals surface area contributed by atoms with E-state index in [2.05, 4.69) is 78.1 Å². The second-order valence-corrected chi connectivity index (χ2v) is 21.1. The van der Waals surface area contributed by atoms with Crippen LogP contribution in [0.4, 0.5) is 17.2 Å². The number of halogens is 1. The van der Waals surface area contributed by atoms with E-state index in [9.17, 15) is 23.2 Å². The van der Waals surface area contributed by atoms with Crippen molar-refractivity contribution in [3.63, 3.8) is 0 Å². The van der Waals surface area contributed by atoms with E-state index in [0.717, 1.165) is 82.7 Å². The highest BCUT2D eigenvalue weighted by Crippen LogP contribution is 2.53. The molecule has 0 unspecified atom stereocenters. The zero-order valence-corrected chi connectivity index (χ0v) is 38.6. The van der Waals surface area contributed by atoms with Crippen LogP contribution in [0.15, 0.2) is 83.3 Å². The molecule has 2 saturated carbocycles. The van der Waals surface area contributed by atoms with Crippen molar-refractivity contribution in [3.05, 3.63) is 99.8 Å². The molecular weight excluding hydrogens is 868 g/mol. The van der Waals surface area contributed by atoms with Crippen molar-refractivity contribution >= 4 is 55.8 Å². The number of H-pyrrole nitrogens is 1. The van der Waals surface area contributed by atoms with E-state index in [-0.39, 0.29) is 40.2 Å². The minimum atomic E-state index is -4.53. The summed E-state index contributed by atoms with van der Waals surface area (Å²) in [5, 5.41) is 17.5. The number of aliphatic hydroxyl groups is 1. The molecule has 3 aromatic heterocycles. The Bertz CT molecular complexity index is 2670. The quantitative estimate of drug-likeness (QED) is 0.0820. The van der Waals surface area contributed by atoms with Crippen molar-refractivity contribution in [3.8, 4) is 11.5 Å². The molecular formula is C48H57ClN8O7S. The third-order valence-corrected chi connectivity index (χ3v) is 15.9. The maximum absolute atomic E-state index is 14.0. The number of piperidine rings is 1. The molecule has 2 aliphatic carbocycles. The van der Waals surface area contributed by atoms with Gasteiger partial charge in [-0.3, -0.25) is 9.69 Å². The van der Waals surface area contributed by atoms with Gasteiger partial charge >= 0.3 is 0 Å². The maximum atomic E-state index is 14.0. The smallest absolute Gasteiger partial charge is 0.268 e. The van der Waals surface area contributed by atoms with Crippen LogP contribution in [0.2, 0.25) is 5.02 Å². The van der Waals surface area contributed by atoms with Gasteiger partial charge in [0.1, 0.15) is 22.0 Å². The van der Waals surface area contributed by atoms with Gasteiger partial charge < -0.3 is 29.8 Å². The molecule has 1 spiro atoms. The molecule has 9 rings (SSSR count). The average Bonchev–Trinajstić information content (AvgIpc) is 3.66. The zero-order chi connectivity index (χ0) is 45.5. The van der Waals surface area contributed by atoms with Crippen LogP contribution in [0.3, 0.4) is 0 Å². The summed E-state index contributed by atoms with van der Waals surface area (Å²) < 4.78 is 42.0. The standard InChI is InChI=1S/C48H57ClN8O7S/c1-30(2)36-6-4-5-7-37(36)42-29-63-19-18-57(42)33-23-48(24-33)14-16-56(17-15-48)32-8-9-38(43(20-32)64-34-21-39-40(49)28-53-44(39)51-26-34)46(58)55-65(61,62)35-22-41(54-60)45(52-27-35)50-25-31-10-12-47(3,59)13-11-31/h4-9,20-22,26-28,30-31,33,42,59H,10-19,23-25,29H2,1-3H3,(H,50,52)(H,51,53)(H,55,58)/t31?,42-,47?/m1/s1. The number of benzene rings is 2. The molecule has 65 heavy (non-hydrogen) atoms. The molecule has 17 heteroatoms. The molecule has 344 valence electrons. The fourth-order valence-electron chi connectivity index (χ4n) is 10.4. The number of pyridine rings is 2. The van der Waals surface area contributed by atoms with E-state index >= 15 is 0 Å². The molecule has 2 saturated heterocycles. The Kier molecular flexibility index (Phi) is 12.7. The number of nitrogens with zero attached hydrogens (tertiary/aromatic N) is 5. The molecule has 2 aromatic carbocycles. The molecule has 15 nitrogen and oxygen atoms in total. The van der Waals surface area contributed by atoms with E-state index in [1.807, 2.05) is 13.0 Å². The fraction of sp³-hybridized carbons (Fsp3) is 0.479. The topological polar surface area (TPSA) is 191 Å². The molecule has 5 heterocycles. The Balaban J connectivity index is 0.899. The van der Waals surface area contributed by atoms with Gasteiger partial charge in [0.15, 0.2) is 11.5 Å². The van der Waals surface area contributed by atoms with Crippen LogP contribution >= 0.6 is 11.6 Å². The lowest BCUT2D eigenvalue weighted by Gasteiger charge is -2.57. The number of rotatable bonds is 13. The summed E-state index contributed by atoms with van der Waals surface area (Å²) in [5.74, 6) is 0.309. The number of aromatic amines is 1. The highest BCUT2D eigenvalue weighted by Gasteiger charge is 2.49. The lowest BCUT2D eigenvalue weighted by atomic mass is 9.59. The minimum Gasteiger partial charge on any atom is -0.455 e. The summed E-state index contributed by atoms with van der Waals surface area (Å²) in [5.41, 5.74) is 3.50. The SMILES string of the molecule is CC(C)c1ccccc1[C@H]1COCCN1C1CC2(CCN(c3ccc(C(=O)NS(=O)(=O)c4cnc(NCC5CCC(C)(O)CC5)c(N=O)c4)c(Oc4cnc5[nH]cc(Cl)c5c4)c3)CC2)C1. The number of nitrogens with one attached hydrogen (secondary N) is 3. The second kappa shape index (κ2) is 18.3. The van der Waals surface area contributed by atoms with Crippen LogP contribution in [0.25, 0.3) is 11.0 Å². The van der Waals surface area contributed by atoms with Crippen molar-refractivity contribution in [2.45, 2.75) is 101 Å². The normalized spacial score (nSPS) is 22.8. The molecule has 2 aliphatic heterocycles. The van der Waals surface area contributed by atoms with Crippen LogP contribution in [-0.4, -0.2) is 90.3 Å². The number of carbonyl (C=O) groups excluding carboxylic acids is 1. The molecule has 0 radical (unpaired) electrons. The summed E-state index contributed by atoms with van der Waals surface area (Å²) >= 11 is 6.41. The van der Waals surface area contributed by atoms with Gasteiger partial charge in [0.25, 0.3) is 15.9 Å². The first-order valence-corrected chi connectivity index (χ1v) is 24.5. The van der Waals surface area contributed by atoms with Gasteiger partial charge in [0, 0.05) is 61.8 Å². The number of morpholine rings is 1. The first kappa shape index (κ1) is 45.0. The average molecular weight is 926 g/mol. The van der Waals surface area contributed by atoms with E-state index < -0.39 is 26.4 Å². The predicted molar refractivity (Wildman–Crippen MR) is 251 cm³/mol. The summed E-state index contributed by atoms with van der Waals surface area (Å²) in [6.45, 7) is 10.8. The number of aromatic nitrogens is 3. The number of fused-ring (bicyclic) bond motifs is 1. The third kappa shape index (κ3) is 9.59. The van der Waals surface area contributed by atoms with Gasteiger partial charge in [-0.05, 0) is 116 Å². The van der Waals surface area contributed by atoms with Gasteiger partial charge in [-0.1, -0.05) is 49.7 Å². The molecule has 0 bridgehead atoms. The van der Waals surface area contributed by atoms with Crippen molar-refractivity contribution < 1.29 is 27.8 Å². The van der Waals surface area contributed by atoms with E-state index in [4.69, 9.17) is 21.1 Å². The van der Waals surface area contributed by atoms with Crippen LogP contribution in [0.5, 0.6) is 11.5 Å². The summed E-state index contributed by atoms with van der Waals surface area (Å²) in [4.78, 5) is 42.1. The van der Waals surface area contributed by atoms with E-state index in [0.29, 0.717) is 59.8 Å². The highest BCUT2D eigenvalue weighted by molar-refractivity contribution is 7.90. The number of nitroso groups, excluding NO2 is 1. The number of carbonyl (C=O) groups is 1. The molecule has 5 aromatic rings. The molecule has 4 N–H and O–H groups in total. The van der Waals surface area contributed by atoms with Crippen LogP contribution in [0, 0.1) is 16.2 Å². The number of hydrogen-bond donors (Lipinski definition) is 4. The minimum absolute atomic E-state index is 0.0292. The Labute approximate surface area is 384 Å². The monoisotopic (exact) mass is 924 g/mol. The van der Waals surface area contributed by atoms with Crippen molar-refractivity contribution in [1.29, 1.82) is 0 Å². The summed E-state index contributed by atoms with van der Waals surface area (Å²) in [6.07, 6.45) is 11.5. The molecule has 1 amide bonds. The maximum Gasteiger partial charge on any atom is 0.268 e. The number of ether oxygens (including phenoxy) is 2. The Morgan fingerprint density at radius 1 is 1.05 bits per heavy atom. The molecule has 1 atom stereocenters. The first-order valence-electron chi connectivity index (χ1n) is 22.7. The van der Waals surface area contributed by atoms with Gasteiger partial charge in [-0.2, -0.15) is 0 Å². The Morgan fingerprint density at radius 2 is 1.82 bits per heavy atom. The van der Waals surface area contributed by atoms with Crippen molar-refractivity contribution in [1.82, 2.24) is 24.6 Å². The largest absolute Gasteiger partial charge is 0.455 e. The summed E-state index contributed by atoms with van der Waals surface area (Å²) in [6, 6.07) is 17.5. The van der Waals surface area contributed by atoms with E-state index in [1.54, 1.807) is 24.4 Å². The predicted octanol–water partition coefficient (Wildman–Crippen LogP) is 9.22. The highest BCUT2D eigenvalue weighted by atomic mass is 35.5. The second-order valence-electron chi connectivity index (χ2n) is 19.0. The Morgan fingerprint density at radius 3 is 2.57 bits per heavy atom. The van der Waals surface area contributed by atoms with Crippen LogP contribution in [0.1, 0.15) is 106 Å². The molecule has 4 fully saturated rings. The number of anilines is 2. The van der Waals surface area contributed by atoms with Crippen molar-refractivity contribution in [2.24, 2.45) is 16.5 Å². The van der Waals surface area contributed by atoms with E-state index in [1.165, 1.54) is 17.3 Å². The van der Waals surface area contributed by atoms with Crippen LogP contribution in [-0.2, 0) is 14.8 Å². The number of sulfonamides is 1. The number of amides is 1. The van der Waals surface area contributed by atoms with Crippen molar-refractivity contribution in [2.75, 3.05) is 49.6 Å². The van der Waals surface area contributed by atoms with Gasteiger partial charge in [0.05, 0.1) is 41.6 Å².